The van der Waals surface area contributed by atoms with Crippen LogP contribution in [0.1, 0.15) is 11.6 Å². The van der Waals surface area contributed by atoms with Gasteiger partial charge in [0.05, 0.1) is 6.04 Å². The van der Waals surface area contributed by atoms with E-state index in [0.29, 0.717) is 12.4 Å². The predicted molar refractivity (Wildman–Crippen MR) is 86.5 cm³/mol. The van der Waals surface area contributed by atoms with Crippen LogP contribution in [0.5, 0.6) is 5.75 Å². The number of hydrogen-bond acceptors (Lipinski definition) is 4. The van der Waals surface area contributed by atoms with Gasteiger partial charge in [-0.3, -0.25) is 9.69 Å². The fourth-order valence-corrected chi connectivity index (χ4v) is 2.65. The van der Waals surface area contributed by atoms with E-state index in [9.17, 15) is 4.79 Å². The first kappa shape index (κ1) is 14.5. The Kier molecular flexibility index (Phi) is 4.34. The number of benzene rings is 2. The van der Waals surface area contributed by atoms with Gasteiger partial charge in [-0.15, -0.1) is 0 Å². The molecular weight excluding hydrogens is 298 g/mol. The average molecular weight is 313 g/mol. The van der Waals surface area contributed by atoms with Gasteiger partial charge in [0.15, 0.2) is 6.61 Å². The lowest BCUT2D eigenvalue weighted by Gasteiger charge is -2.21. The molecule has 1 saturated heterocycles. The summed E-state index contributed by atoms with van der Waals surface area (Å²) < 4.78 is 10.9. The molecule has 112 valence electrons. The lowest BCUT2D eigenvalue weighted by atomic mass is 10.1. The van der Waals surface area contributed by atoms with E-state index in [4.69, 9.17) is 21.7 Å². The number of para-hydroxylation sites is 1. The van der Waals surface area contributed by atoms with Crippen LogP contribution in [0.2, 0.25) is 0 Å². The van der Waals surface area contributed by atoms with Crippen LogP contribution in [0, 0.1) is 0 Å². The van der Waals surface area contributed by atoms with Crippen molar-refractivity contribution in [2.24, 2.45) is 0 Å². The van der Waals surface area contributed by atoms with Crippen molar-refractivity contribution in [2.75, 3.05) is 13.2 Å². The van der Waals surface area contributed by atoms with E-state index in [1.165, 1.54) is 4.90 Å². The van der Waals surface area contributed by atoms with Gasteiger partial charge in [-0.25, -0.2) is 0 Å². The molecule has 1 aliphatic heterocycles. The first-order valence-electron chi connectivity index (χ1n) is 6.97. The molecule has 0 aromatic heterocycles. The van der Waals surface area contributed by atoms with Crippen molar-refractivity contribution in [1.82, 2.24) is 4.90 Å². The van der Waals surface area contributed by atoms with Gasteiger partial charge in [-0.1, -0.05) is 48.5 Å². The van der Waals surface area contributed by atoms with E-state index in [0.717, 1.165) is 5.56 Å². The van der Waals surface area contributed by atoms with Crippen LogP contribution in [0.15, 0.2) is 60.7 Å². The SMILES string of the molecule is O=C(COc1ccccc1)N1C(=S)OC[C@H]1c1ccccc1. The number of nitrogens with zero attached hydrogens (tertiary/aromatic N) is 1. The van der Waals surface area contributed by atoms with Crippen molar-refractivity contribution in [3.8, 4) is 5.75 Å². The van der Waals surface area contributed by atoms with Gasteiger partial charge in [0.1, 0.15) is 12.4 Å². The highest BCUT2D eigenvalue weighted by Crippen LogP contribution is 2.27. The Hall–Kier alpha value is -2.40. The minimum absolute atomic E-state index is 0.0726. The van der Waals surface area contributed by atoms with Crippen LogP contribution in [0.4, 0.5) is 0 Å². The van der Waals surface area contributed by atoms with Gasteiger partial charge in [0.2, 0.25) is 0 Å². The van der Waals surface area contributed by atoms with Gasteiger partial charge in [-0.2, -0.15) is 0 Å². The Morgan fingerprint density at radius 1 is 1.14 bits per heavy atom. The minimum Gasteiger partial charge on any atom is -0.484 e. The third kappa shape index (κ3) is 3.09. The number of rotatable bonds is 4. The standard InChI is InChI=1S/C17H15NO3S/c19-16(12-20-14-9-5-2-6-10-14)18-15(11-21-17(18)22)13-7-3-1-4-8-13/h1-10,15H,11-12H2/t15-/m0/s1. The summed E-state index contributed by atoms with van der Waals surface area (Å²) >= 11 is 5.15. The highest BCUT2D eigenvalue weighted by molar-refractivity contribution is 7.80. The number of carbonyl (C=O) groups is 1. The molecule has 3 rings (SSSR count). The summed E-state index contributed by atoms with van der Waals surface area (Å²) in [5.41, 5.74) is 0.996. The molecule has 1 atom stereocenters. The van der Waals surface area contributed by atoms with Crippen LogP contribution >= 0.6 is 12.2 Å². The van der Waals surface area contributed by atoms with E-state index in [1.54, 1.807) is 12.1 Å². The van der Waals surface area contributed by atoms with Gasteiger partial charge in [0, 0.05) is 0 Å². The molecule has 2 aromatic rings. The normalized spacial score (nSPS) is 17.2. The first-order chi connectivity index (χ1) is 10.8. The molecule has 0 radical (unpaired) electrons. The van der Waals surface area contributed by atoms with Gasteiger partial charge >= 0.3 is 0 Å². The summed E-state index contributed by atoms with van der Waals surface area (Å²) in [5.74, 6) is 0.443. The summed E-state index contributed by atoms with van der Waals surface area (Å²) in [6.45, 7) is 0.302. The molecule has 5 heteroatoms. The quantitative estimate of drug-likeness (QED) is 0.814. The fourth-order valence-electron chi connectivity index (χ4n) is 2.35. The van der Waals surface area contributed by atoms with E-state index >= 15 is 0 Å². The third-order valence-corrected chi connectivity index (χ3v) is 3.75. The first-order valence-corrected chi connectivity index (χ1v) is 7.38. The van der Waals surface area contributed by atoms with Crippen LogP contribution in [-0.2, 0) is 9.53 Å². The molecule has 1 fully saturated rings. The predicted octanol–water partition coefficient (Wildman–Crippen LogP) is 2.95. The van der Waals surface area contributed by atoms with Crippen molar-refractivity contribution in [2.45, 2.75) is 6.04 Å². The number of ether oxygens (including phenoxy) is 2. The summed E-state index contributed by atoms with van der Waals surface area (Å²) in [7, 11) is 0. The highest BCUT2D eigenvalue weighted by Gasteiger charge is 2.36. The van der Waals surface area contributed by atoms with Crippen molar-refractivity contribution in [3.63, 3.8) is 0 Å². The summed E-state index contributed by atoms with van der Waals surface area (Å²) in [6, 6.07) is 18.7. The molecule has 1 heterocycles. The molecule has 0 spiro atoms. The average Bonchev–Trinajstić information content (AvgIpc) is 2.96. The van der Waals surface area contributed by atoms with E-state index < -0.39 is 0 Å². The van der Waals surface area contributed by atoms with Crippen LogP contribution in [0.25, 0.3) is 0 Å². The van der Waals surface area contributed by atoms with Crippen LogP contribution < -0.4 is 4.74 Å². The number of carbonyl (C=O) groups excluding carboxylic acids is 1. The molecule has 0 saturated carbocycles. The van der Waals surface area contributed by atoms with Crippen molar-refractivity contribution in [3.05, 3.63) is 66.2 Å². The van der Waals surface area contributed by atoms with E-state index in [-0.39, 0.29) is 23.7 Å². The second-order valence-electron chi connectivity index (χ2n) is 4.87. The van der Waals surface area contributed by atoms with Crippen molar-refractivity contribution >= 4 is 23.3 Å². The lowest BCUT2D eigenvalue weighted by molar-refractivity contribution is -0.130. The van der Waals surface area contributed by atoms with Crippen molar-refractivity contribution < 1.29 is 14.3 Å². The zero-order valence-electron chi connectivity index (χ0n) is 11.8. The van der Waals surface area contributed by atoms with E-state index in [1.807, 2.05) is 48.5 Å². The van der Waals surface area contributed by atoms with Gasteiger partial charge in [-0.05, 0) is 29.9 Å². The maximum atomic E-state index is 12.4. The summed E-state index contributed by atoms with van der Waals surface area (Å²) in [6.07, 6.45) is 0. The minimum atomic E-state index is -0.208. The number of hydrogen-bond donors (Lipinski definition) is 0. The Morgan fingerprint density at radius 3 is 2.45 bits per heavy atom. The maximum Gasteiger partial charge on any atom is 0.268 e. The summed E-state index contributed by atoms with van der Waals surface area (Å²) in [5, 5.41) is 0.204. The Balaban J connectivity index is 1.71. The zero-order chi connectivity index (χ0) is 15.4. The number of amides is 1. The molecule has 0 N–H and O–H groups in total. The molecule has 0 bridgehead atoms. The molecule has 2 aromatic carbocycles. The molecule has 0 aliphatic carbocycles. The lowest BCUT2D eigenvalue weighted by Crippen LogP contribution is -2.37. The van der Waals surface area contributed by atoms with Crippen LogP contribution in [-0.4, -0.2) is 29.2 Å². The molecule has 1 aliphatic rings. The highest BCUT2D eigenvalue weighted by atomic mass is 32.1. The maximum absolute atomic E-state index is 12.4. The molecule has 4 nitrogen and oxygen atoms in total. The molecule has 0 unspecified atom stereocenters. The molecule has 22 heavy (non-hydrogen) atoms. The fraction of sp³-hybridized carbons (Fsp3) is 0.176. The topological polar surface area (TPSA) is 38.8 Å². The summed E-state index contributed by atoms with van der Waals surface area (Å²) in [4.78, 5) is 13.9. The second kappa shape index (κ2) is 6.58. The molecular formula is C17H15NO3S. The van der Waals surface area contributed by atoms with E-state index in [2.05, 4.69) is 0 Å². The number of thiocarbonyl (C=S) groups is 1. The Morgan fingerprint density at radius 2 is 1.77 bits per heavy atom. The Labute approximate surface area is 134 Å². The molecule has 1 amide bonds. The van der Waals surface area contributed by atoms with Crippen LogP contribution in [0.3, 0.4) is 0 Å². The van der Waals surface area contributed by atoms with Crippen molar-refractivity contribution in [1.29, 1.82) is 0 Å². The largest absolute Gasteiger partial charge is 0.484 e. The smallest absolute Gasteiger partial charge is 0.268 e. The zero-order valence-corrected chi connectivity index (χ0v) is 12.7. The Bertz CT molecular complexity index is 660. The van der Waals surface area contributed by atoms with Gasteiger partial charge < -0.3 is 9.47 Å². The third-order valence-electron chi connectivity index (χ3n) is 3.43. The van der Waals surface area contributed by atoms with Gasteiger partial charge in [0.25, 0.3) is 11.1 Å². The monoisotopic (exact) mass is 313 g/mol. The second-order valence-corrected chi connectivity index (χ2v) is 5.22.